The maximum Gasteiger partial charge on any atom is 0.321 e. The van der Waals surface area contributed by atoms with E-state index < -0.39 is 0 Å². The van der Waals surface area contributed by atoms with Crippen molar-refractivity contribution in [3.05, 3.63) is 53.4 Å². The Bertz CT molecular complexity index is 817. The van der Waals surface area contributed by atoms with E-state index in [9.17, 15) is 9.59 Å². The number of anilines is 1. The predicted octanol–water partition coefficient (Wildman–Crippen LogP) is 4.03. The van der Waals surface area contributed by atoms with E-state index in [1.54, 1.807) is 47.2 Å². The van der Waals surface area contributed by atoms with Gasteiger partial charge in [0.1, 0.15) is 5.76 Å². The van der Waals surface area contributed by atoms with Gasteiger partial charge >= 0.3 is 6.03 Å². The van der Waals surface area contributed by atoms with E-state index in [1.165, 1.54) is 0 Å². The number of hydrogen-bond acceptors (Lipinski definition) is 4. The Morgan fingerprint density at radius 3 is 2.63 bits per heavy atom. The summed E-state index contributed by atoms with van der Waals surface area (Å²) >= 11 is 7.56. The molecule has 0 saturated carbocycles. The van der Waals surface area contributed by atoms with Crippen LogP contribution in [0.2, 0.25) is 5.02 Å². The van der Waals surface area contributed by atoms with E-state index in [1.807, 2.05) is 17.0 Å². The number of urea groups is 1. The molecule has 2 aliphatic rings. The summed E-state index contributed by atoms with van der Waals surface area (Å²) in [5.41, 5.74) is 0.717. The van der Waals surface area contributed by atoms with Gasteiger partial charge in [-0.2, -0.15) is 0 Å². The van der Waals surface area contributed by atoms with E-state index in [4.69, 9.17) is 16.0 Å². The average molecular weight is 406 g/mol. The fourth-order valence-corrected chi connectivity index (χ4v) is 5.05. The van der Waals surface area contributed by atoms with Gasteiger partial charge in [0.25, 0.3) is 0 Å². The molecule has 3 amide bonds. The highest BCUT2D eigenvalue weighted by Crippen LogP contribution is 2.45. The number of furan rings is 1. The molecule has 8 heteroatoms. The first-order chi connectivity index (χ1) is 13.1. The largest absolute Gasteiger partial charge is 0.467 e. The van der Waals surface area contributed by atoms with Crippen molar-refractivity contribution in [2.24, 2.45) is 0 Å². The van der Waals surface area contributed by atoms with Crippen LogP contribution in [0.5, 0.6) is 0 Å². The van der Waals surface area contributed by atoms with E-state index in [0.717, 1.165) is 24.3 Å². The predicted molar refractivity (Wildman–Crippen MR) is 106 cm³/mol. The van der Waals surface area contributed by atoms with Gasteiger partial charge < -0.3 is 19.5 Å². The summed E-state index contributed by atoms with van der Waals surface area (Å²) in [7, 11) is 0. The zero-order valence-electron chi connectivity index (χ0n) is 14.7. The Labute approximate surface area is 166 Å². The summed E-state index contributed by atoms with van der Waals surface area (Å²) in [6, 6.07) is 10.6. The molecule has 1 aromatic heterocycles. The summed E-state index contributed by atoms with van der Waals surface area (Å²) in [6.07, 6.45) is 3.12. The molecule has 4 rings (SSSR count). The van der Waals surface area contributed by atoms with E-state index in [2.05, 4.69) is 5.32 Å². The molecule has 1 N–H and O–H groups in total. The topological polar surface area (TPSA) is 65.8 Å². The minimum absolute atomic E-state index is 0.126. The van der Waals surface area contributed by atoms with Crippen LogP contribution in [0.1, 0.15) is 18.6 Å². The molecule has 3 heterocycles. The van der Waals surface area contributed by atoms with Gasteiger partial charge in [0.15, 0.2) is 0 Å². The monoisotopic (exact) mass is 405 g/mol. The minimum atomic E-state index is -0.249. The highest BCUT2D eigenvalue weighted by atomic mass is 35.5. The van der Waals surface area contributed by atoms with Gasteiger partial charge in [0.2, 0.25) is 5.91 Å². The van der Waals surface area contributed by atoms with Gasteiger partial charge in [-0.1, -0.05) is 11.6 Å². The Morgan fingerprint density at radius 1 is 1.22 bits per heavy atom. The van der Waals surface area contributed by atoms with Gasteiger partial charge in [0.05, 0.1) is 23.4 Å². The lowest BCUT2D eigenvalue weighted by atomic mass is 10.0. The van der Waals surface area contributed by atoms with Crippen LogP contribution < -0.4 is 5.32 Å². The van der Waals surface area contributed by atoms with E-state index in [-0.39, 0.29) is 16.8 Å². The summed E-state index contributed by atoms with van der Waals surface area (Å²) in [6.45, 7) is 1.69. The number of thioether (sulfide) groups is 1. The first-order valence-corrected chi connectivity index (χ1v) is 10.2. The van der Waals surface area contributed by atoms with Crippen LogP contribution in [0, 0.1) is 0 Å². The Morgan fingerprint density at radius 2 is 1.96 bits per heavy atom. The molecule has 2 aromatic rings. The molecule has 0 radical (unpaired) electrons. The number of amides is 3. The van der Waals surface area contributed by atoms with Crippen molar-refractivity contribution in [3.63, 3.8) is 0 Å². The Balaban J connectivity index is 1.39. The number of likely N-dealkylation sites (tertiary alicyclic amines) is 1. The minimum Gasteiger partial charge on any atom is -0.467 e. The van der Waals surface area contributed by atoms with Crippen molar-refractivity contribution in [3.8, 4) is 0 Å². The molecule has 2 aliphatic heterocycles. The molecule has 1 spiro atoms. The summed E-state index contributed by atoms with van der Waals surface area (Å²) < 4.78 is 5.42. The molecule has 6 nitrogen and oxygen atoms in total. The zero-order valence-corrected chi connectivity index (χ0v) is 16.3. The second kappa shape index (κ2) is 7.48. The molecular formula is C19H20ClN3O3S. The number of benzene rings is 1. The highest BCUT2D eigenvalue weighted by Gasteiger charge is 2.48. The first kappa shape index (κ1) is 18.3. The van der Waals surface area contributed by atoms with Crippen molar-refractivity contribution < 1.29 is 14.0 Å². The van der Waals surface area contributed by atoms with Crippen molar-refractivity contribution in [2.45, 2.75) is 24.3 Å². The van der Waals surface area contributed by atoms with Gasteiger partial charge in [0, 0.05) is 23.8 Å². The lowest BCUT2D eigenvalue weighted by molar-refractivity contribution is -0.132. The Kier molecular flexibility index (Phi) is 5.06. The van der Waals surface area contributed by atoms with Crippen molar-refractivity contribution in [2.75, 3.05) is 24.2 Å². The van der Waals surface area contributed by atoms with E-state index in [0.29, 0.717) is 30.4 Å². The number of halogens is 1. The Hall–Kier alpha value is -2.12. The standard InChI is InChI=1S/C19H20ClN3O3S/c20-14-3-5-15(6-4-14)21-18(25)22-9-7-19(8-10-22)23(17(24)13-27-19)12-16-2-1-11-26-16/h1-6,11H,7-10,12-13H2,(H,21,25). The highest BCUT2D eigenvalue weighted by molar-refractivity contribution is 8.01. The molecule has 0 unspecified atom stereocenters. The fourth-order valence-electron chi connectivity index (χ4n) is 3.58. The molecule has 1 aromatic carbocycles. The van der Waals surface area contributed by atoms with Crippen molar-refractivity contribution in [1.29, 1.82) is 0 Å². The molecule has 0 atom stereocenters. The average Bonchev–Trinajstić information content (AvgIpc) is 3.29. The number of nitrogens with zero attached hydrogens (tertiary/aromatic N) is 2. The SMILES string of the molecule is O=C(Nc1ccc(Cl)cc1)N1CCC2(CC1)SCC(=O)N2Cc1ccco1. The van der Waals surface area contributed by atoms with Gasteiger partial charge in [-0.05, 0) is 49.2 Å². The molecule has 27 heavy (non-hydrogen) atoms. The number of piperidine rings is 1. The van der Waals surface area contributed by atoms with Crippen LogP contribution in [0.15, 0.2) is 47.1 Å². The van der Waals surface area contributed by atoms with Crippen LogP contribution in [-0.4, -0.2) is 45.5 Å². The number of carbonyl (C=O) groups excluding carboxylic acids is 2. The van der Waals surface area contributed by atoms with Crippen LogP contribution in [0.25, 0.3) is 0 Å². The van der Waals surface area contributed by atoms with Crippen molar-refractivity contribution in [1.82, 2.24) is 9.80 Å². The third-order valence-electron chi connectivity index (χ3n) is 5.08. The maximum atomic E-state index is 12.5. The molecule has 0 bridgehead atoms. The molecule has 2 fully saturated rings. The number of rotatable bonds is 3. The van der Waals surface area contributed by atoms with Crippen molar-refractivity contribution >= 4 is 41.0 Å². The fraction of sp³-hybridized carbons (Fsp3) is 0.368. The van der Waals surface area contributed by atoms with Gasteiger partial charge in [-0.15, -0.1) is 11.8 Å². The zero-order chi connectivity index (χ0) is 18.9. The van der Waals surface area contributed by atoms with E-state index >= 15 is 0 Å². The quantitative estimate of drug-likeness (QED) is 0.837. The molecule has 0 aliphatic carbocycles. The lowest BCUT2D eigenvalue weighted by Crippen LogP contribution is -2.53. The van der Waals surface area contributed by atoms with Gasteiger partial charge in [-0.3, -0.25) is 4.79 Å². The van der Waals surface area contributed by atoms with Crippen LogP contribution in [0.4, 0.5) is 10.5 Å². The molecule has 142 valence electrons. The third-order valence-corrected chi connectivity index (χ3v) is 6.89. The molecular weight excluding hydrogens is 386 g/mol. The van der Waals surface area contributed by atoms with Crippen LogP contribution in [0.3, 0.4) is 0 Å². The smallest absolute Gasteiger partial charge is 0.321 e. The van der Waals surface area contributed by atoms with Crippen LogP contribution in [-0.2, 0) is 11.3 Å². The number of nitrogens with one attached hydrogen (secondary N) is 1. The third kappa shape index (κ3) is 3.80. The lowest BCUT2D eigenvalue weighted by Gasteiger charge is -2.43. The normalized spacial score (nSPS) is 18.9. The summed E-state index contributed by atoms with van der Waals surface area (Å²) in [5, 5.41) is 3.53. The first-order valence-electron chi connectivity index (χ1n) is 8.84. The second-order valence-electron chi connectivity index (χ2n) is 6.72. The summed E-state index contributed by atoms with van der Waals surface area (Å²) in [4.78, 5) is 28.4. The number of hydrogen-bond donors (Lipinski definition) is 1. The molecule has 2 saturated heterocycles. The van der Waals surface area contributed by atoms with Gasteiger partial charge in [-0.25, -0.2) is 4.79 Å². The second-order valence-corrected chi connectivity index (χ2v) is 8.49. The number of carbonyl (C=O) groups is 2. The van der Waals surface area contributed by atoms with Crippen LogP contribution >= 0.6 is 23.4 Å². The maximum absolute atomic E-state index is 12.5. The summed E-state index contributed by atoms with van der Waals surface area (Å²) in [5.74, 6) is 1.40.